The predicted molar refractivity (Wildman–Crippen MR) is 182 cm³/mol. The zero-order valence-corrected chi connectivity index (χ0v) is 23.6. The number of nitrogens with zero attached hydrogens (tertiary/aromatic N) is 2. The molecule has 5 aromatic heterocycles. The van der Waals surface area contributed by atoms with Crippen LogP contribution >= 0.6 is 11.3 Å². The number of furan rings is 1. The lowest BCUT2D eigenvalue weighted by atomic mass is 9.97. The second-order valence-electron chi connectivity index (χ2n) is 11.6. The van der Waals surface area contributed by atoms with Gasteiger partial charge < -0.3 is 4.42 Å². The zero-order chi connectivity index (χ0) is 27.8. The molecule has 0 N–H and O–H groups in total. The second-order valence-corrected chi connectivity index (χ2v) is 12.6. The van der Waals surface area contributed by atoms with Gasteiger partial charge in [0.25, 0.3) is 0 Å². The number of para-hydroxylation sites is 2. The molecular formula is C39H20N2OS. The van der Waals surface area contributed by atoms with Crippen LogP contribution < -0.4 is 0 Å². The summed E-state index contributed by atoms with van der Waals surface area (Å²) in [5, 5.41) is 10.8. The van der Waals surface area contributed by atoms with Gasteiger partial charge in [-0.3, -0.25) is 4.40 Å². The molecule has 0 bridgehead atoms. The van der Waals surface area contributed by atoms with Crippen LogP contribution in [0, 0.1) is 0 Å². The van der Waals surface area contributed by atoms with Crippen LogP contribution in [0.2, 0.25) is 0 Å². The Balaban J connectivity index is 1.34. The highest BCUT2D eigenvalue weighted by Crippen LogP contribution is 2.46. The maximum absolute atomic E-state index is 6.62. The molecule has 0 aliphatic rings. The summed E-state index contributed by atoms with van der Waals surface area (Å²) in [6.07, 6.45) is 0. The maximum atomic E-state index is 6.62. The Kier molecular flexibility index (Phi) is 3.96. The summed E-state index contributed by atoms with van der Waals surface area (Å²) < 4.78 is 11.6. The van der Waals surface area contributed by atoms with Crippen LogP contribution in [0.4, 0.5) is 0 Å². The monoisotopic (exact) mass is 564 g/mol. The van der Waals surface area contributed by atoms with Crippen molar-refractivity contribution in [2.24, 2.45) is 0 Å². The standard InChI is InChI=1S/C39H20N2OS/c1-4-10-31-22(7-1)18-29-28-19-23(21-13-16-35-27(17-21)25-9-3-6-12-34(25)43-35)20-30-36-32(41(37(28)30)39(29)40-31)15-14-26-24-8-2-5-11-33(24)42-38(26)36/h1-20H. The topological polar surface area (TPSA) is 30.4 Å². The van der Waals surface area contributed by atoms with E-state index in [9.17, 15) is 0 Å². The van der Waals surface area contributed by atoms with E-state index >= 15 is 0 Å². The van der Waals surface area contributed by atoms with Gasteiger partial charge in [-0.25, -0.2) is 4.98 Å². The van der Waals surface area contributed by atoms with Crippen LogP contribution in [0.1, 0.15) is 0 Å². The van der Waals surface area contributed by atoms with E-state index in [0.29, 0.717) is 0 Å². The van der Waals surface area contributed by atoms with Gasteiger partial charge in [-0.15, -0.1) is 11.3 Å². The van der Waals surface area contributed by atoms with Crippen LogP contribution in [-0.4, -0.2) is 9.38 Å². The third-order valence-corrected chi connectivity index (χ3v) is 10.4. The Labute approximate surface area is 248 Å². The van der Waals surface area contributed by atoms with Crippen molar-refractivity contribution < 1.29 is 4.42 Å². The van der Waals surface area contributed by atoms with Crippen molar-refractivity contribution in [3.05, 3.63) is 121 Å². The summed E-state index contributed by atoms with van der Waals surface area (Å²) in [7, 11) is 0. The summed E-state index contributed by atoms with van der Waals surface area (Å²) >= 11 is 1.86. The molecular weight excluding hydrogens is 545 g/mol. The molecule has 0 unspecified atom stereocenters. The SMILES string of the molecule is c1ccc2nc3c(cc2c1)c1cc(-c2ccc4sc5ccccc5c4c2)cc2c4c5oc6ccccc6c5ccc4n3c12. The number of hydrogen-bond donors (Lipinski definition) is 0. The average molecular weight is 565 g/mol. The first-order valence-corrected chi connectivity index (χ1v) is 15.4. The highest BCUT2D eigenvalue weighted by molar-refractivity contribution is 7.25. The van der Waals surface area contributed by atoms with Crippen molar-refractivity contribution in [3.8, 4) is 11.1 Å². The Morgan fingerprint density at radius 3 is 2.33 bits per heavy atom. The Morgan fingerprint density at radius 1 is 0.558 bits per heavy atom. The molecule has 0 atom stereocenters. The minimum atomic E-state index is 0.915. The number of aromatic nitrogens is 2. The lowest BCUT2D eigenvalue weighted by Crippen LogP contribution is -1.86. The molecule has 0 saturated carbocycles. The summed E-state index contributed by atoms with van der Waals surface area (Å²) in [6.45, 7) is 0. The molecule has 0 fully saturated rings. The molecule has 0 amide bonds. The van der Waals surface area contributed by atoms with Gasteiger partial charge in [0.2, 0.25) is 0 Å². The fourth-order valence-electron chi connectivity index (χ4n) is 7.38. The molecule has 6 aromatic carbocycles. The van der Waals surface area contributed by atoms with Crippen LogP contribution in [0.3, 0.4) is 0 Å². The van der Waals surface area contributed by atoms with Crippen molar-refractivity contribution in [1.29, 1.82) is 0 Å². The molecule has 4 heteroatoms. The number of thiophene rings is 1. The minimum Gasteiger partial charge on any atom is -0.455 e. The van der Waals surface area contributed by atoms with Crippen LogP contribution in [0.25, 0.3) is 102 Å². The van der Waals surface area contributed by atoms with Crippen molar-refractivity contribution in [2.75, 3.05) is 0 Å². The predicted octanol–water partition coefficient (Wildman–Crippen LogP) is 11.3. The number of hydrogen-bond acceptors (Lipinski definition) is 3. The first-order valence-electron chi connectivity index (χ1n) is 14.5. The van der Waals surface area contributed by atoms with Crippen molar-refractivity contribution >= 4 is 103 Å². The minimum absolute atomic E-state index is 0.915. The van der Waals surface area contributed by atoms with Gasteiger partial charge in [-0.1, -0.05) is 60.7 Å². The van der Waals surface area contributed by atoms with Crippen molar-refractivity contribution in [3.63, 3.8) is 0 Å². The quantitative estimate of drug-likeness (QED) is 0.198. The normalized spacial score (nSPS) is 12.7. The van der Waals surface area contributed by atoms with E-state index in [-0.39, 0.29) is 0 Å². The smallest absolute Gasteiger partial charge is 0.146 e. The van der Waals surface area contributed by atoms with E-state index in [4.69, 9.17) is 9.40 Å². The van der Waals surface area contributed by atoms with Gasteiger partial charge in [0.1, 0.15) is 16.8 Å². The average Bonchev–Trinajstić information content (AvgIpc) is 3.79. The maximum Gasteiger partial charge on any atom is 0.146 e. The molecule has 11 rings (SSSR count). The second kappa shape index (κ2) is 7.68. The molecule has 11 aromatic rings. The molecule has 0 aliphatic heterocycles. The molecule has 0 aliphatic carbocycles. The highest BCUT2D eigenvalue weighted by Gasteiger charge is 2.23. The lowest BCUT2D eigenvalue weighted by molar-refractivity contribution is 0.673. The van der Waals surface area contributed by atoms with Gasteiger partial charge >= 0.3 is 0 Å². The number of rotatable bonds is 1. The molecule has 3 nitrogen and oxygen atoms in total. The Bertz CT molecular complexity index is 2960. The molecule has 5 heterocycles. The van der Waals surface area contributed by atoms with Gasteiger partial charge in [-0.05, 0) is 71.8 Å². The molecule has 0 spiro atoms. The fourth-order valence-corrected chi connectivity index (χ4v) is 8.47. The van der Waals surface area contributed by atoms with E-state index in [1.165, 1.54) is 53.0 Å². The largest absolute Gasteiger partial charge is 0.455 e. The Morgan fingerprint density at radius 2 is 1.35 bits per heavy atom. The number of fused-ring (bicyclic) bond motifs is 14. The van der Waals surface area contributed by atoms with E-state index in [1.807, 2.05) is 17.4 Å². The van der Waals surface area contributed by atoms with Crippen LogP contribution in [-0.2, 0) is 0 Å². The molecule has 0 saturated heterocycles. The van der Waals surface area contributed by atoms with Gasteiger partial charge in [0, 0.05) is 52.5 Å². The summed E-state index contributed by atoms with van der Waals surface area (Å²) in [6, 6.07) is 43.9. The van der Waals surface area contributed by atoms with Gasteiger partial charge in [0.05, 0.1) is 21.9 Å². The third kappa shape index (κ3) is 2.77. The number of pyridine rings is 1. The number of benzene rings is 6. The first-order chi connectivity index (χ1) is 21.3. The van der Waals surface area contributed by atoms with E-state index in [2.05, 4.69) is 120 Å². The summed E-state index contributed by atoms with van der Waals surface area (Å²) in [4.78, 5) is 5.25. The summed E-state index contributed by atoms with van der Waals surface area (Å²) in [5.74, 6) is 0. The van der Waals surface area contributed by atoms with E-state index in [0.717, 1.165) is 49.4 Å². The van der Waals surface area contributed by atoms with Crippen LogP contribution in [0.15, 0.2) is 126 Å². The third-order valence-electron chi connectivity index (χ3n) is 9.28. The zero-order valence-electron chi connectivity index (χ0n) is 22.8. The molecule has 0 radical (unpaired) electrons. The molecule has 198 valence electrons. The fraction of sp³-hybridized carbons (Fsp3) is 0. The Hall–Kier alpha value is -5.45. The van der Waals surface area contributed by atoms with Crippen LogP contribution in [0.5, 0.6) is 0 Å². The van der Waals surface area contributed by atoms with Crippen molar-refractivity contribution in [1.82, 2.24) is 9.38 Å². The van der Waals surface area contributed by atoms with E-state index in [1.54, 1.807) is 0 Å². The summed E-state index contributed by atoms with van der Waals surface area (Å²) in [5.41, 5.74) is 8.59. The lowest BCUT2D eigenvalue weighted by Gasteiger charge is -2.06. The van der Waals surface area contributed by atoms with Gasteiger partial charge in [0.15, 0.2) is 0 Å². The van der Waals surface area contributed by atoms with Gasteiger partial charge in [-0.2, -0.15) is 0 Å². The van der Waals surface area contributed by atoms with E-state index < -0.39 is 0 Å². The highest BCUT2D eigenvalue weighted by atomic mass is 32.1. The first kappa shape index (κ1) is 22.2. The molecule has 43 heavy (non-hydrogen) atoms. The van der Waals surface area contributed by atoms with Crippen molar-refractivity contribution in [2.45, 2.75) is 0 Å².